The SMILES string of the molecule is CC[C@H]1O[C@@H](n2cnc3c(OCCC#N)nc(NC(=O)COc4ccccc4)nc32)CC1O[P@@]1O[C@H](C[Si](C)(c2ccccc2)c2ccccc2)[C@@H]2CCCN21.CC[C@H]1O[C@@H](n2cnc3c(OCCC#N)nc(NC(=O)COc4ccccc4)nc32)CC1O[P@]1O[C@@H](C[Si](C)(c2ccccc2)c2ccccc2)[C@H]2CCCN21. The van der Waals surface area contributed by atoms with Gasteiger partial charge in [-0.05, 0) is 74.9 Å². The number of nitrogens with one attached hydrogen (secondary N) is 2. The van der Waals surface area contributed by atoms with Gasteiger partial charge in [0.15, 0.2) is 35.5 Å². The number of aromatic nitrogens is 8. The molecule has 580 valence electrons. The molecule has 4 aromatic heterocycles. The molecule has 2 amide bonds. The first-order valence-corrected chi connectivity index (χ1v) is 46.3. The van der Waals surface area contributed by atoms with Crippen LogP contribution in [0, 0.1) is 22.7 Å². The second-order valence-electron chi connectivity index (χ2n) is 29.0. The fraction of sp³-hybridized carbons (Fsp3) is 0.390. The quantitative estimate of drug-likeness (QED) is 0.0240. The van der Waals surface area contributed by atoms with E-state index >= 15 is 0 Å². The zero-order valence-corrected chi connectivity index (χ0v) is 66.9. The van der Waals surface area contributed by atoms with Crippen LogP contribution in [-0.4, -0.2) is 165 Å². The van der Waals surface area contributed by atoms with Crippen molar-refractivity contribution in [3.63, 3.8) is 0 Å². The third kappa shape index (κ3) is 17.5. The Hall–Kier alpha value is -9.49. The van der Waals surface area contributed by atoms with E-state index in [1.54, 1.807) is 36.9 Å². The minimum absolute atomic E-state index is 0.0289. The van der Waals surface area contributed by atoms with E-state index in [1.165, 1.54) is 20.7 Å². The maximum absolute atomic E-state index is 12.9. The first-order chi connectivity index (χ1) is 54.9. The fourth-order valence-corrected chi connectivity index (χ4v) is 28.0. The second-order valence-corrected chi connectivity index (χ2v) is 40.3. The van der Waals surface area contributed by atoms with Crippen LogP contribution in [0.3, 0.4) is 0 Å². The maximum atomic E-state index is 12.9. The van der Waals surface area contributed by atoms with Gasteiger partial charge in [0, 0.05) is 38.0 Å². The molecule has 6 saturated heterocycles. The molecule has 10 heterocycles. The van der Waals surface area contributed by atoms with Gasteiger partial charge in [0.05, 0.1) is 74.3 Å². The summed E-state index contributed by atoms with van der Waals surface area (Å²) < 4.78 is 72.9. The molecule has 6 aliphatic rings. The molecule has 10 aromatic rings. The molecule has 0 radical (unpaired) electrons. The van der Waals surface area contributed by atoms with Crippen LogP contribution in [-0.2, 0) is 37.2 Å². The minimum atomic E-state index is -2.15. The standard InChI is InChI=1S/2C41H46N7O6PSi/c2*1-3-33-34(53-55-48-23-13-21-32(48)35(54-55)27-56(2,30-17-9-5-10-18-30)31-19-11-6-12-20-31)25-37(52-33)47-28-43-38-39(47)45-41(46-40(38)50-24-14-22-42)44-36(49)26-51-29-15-7-4-8-16-29/h2*4-12,15-20,28,32-35,37H,3,13-14,21,23-27H2,1-2H3,(H,44,45,46,49)/t32-,33+,34?,35+,37+,55-;32-,33-,34?,35+,37-,55-/m01/s1. The Labute approximate surface area is 656 Å². The van der Waals surface area contributed by atoms with Crippen molar-refractivity contribution in [2.75, 3.05) is 50.2 Å². The molecule has 12 atom stereocenters. The van der Waals surface area contributed by atoms with Crippen molar-refractivity contribution < 1.29 is 56.1 Å². The van der Waals surface area contributed by atoms with E-state index in [4.69, 9.17) is 67.0 Å². The number of nitriles is 2. The predicted molar refractivity (Wildman–Crippen MR) is 431 cm³/mol. The van der Waals surface area contributed by atoms with E-state index in [0.717, 1.165) is 63.7 Å². The number of fused-ring (bicyclic) bond motifs is 4. The number of rotatable bonds is 30. The van der Waals surface area contributed by atoms with E-state index in [9.17, 15) is 9.59 Å². The van der Waals surface area contributed by atoms with Crippen molar-refractivity contribution in [2.24, 2.45) is 0 Å². The van der Waals surface area contributed by atoms with Gasteiger partial charge in [-0.15, -0.1) is 0 Å². The third-order valence-electron chi connectivity index (χ3n) is 21.8. The van der Waals surface area contributed by atoms with Crippen LogP contribution in [0.15, 0.2) is 195 Å². The highest BCUT2D eigenvalue weighted by Crippen LogP contribution is 2.61. The normalized spacial score (nSPS) is 23.5. The maximum Gasteiger partial charge on any atom is 0.264 e. The molecule has 112 heavy (non-hydrogen) atoms. The topological polar surface area (TPSA) is 292 Å². The van der Waals surface area contributed by atoms with Crippen LogP contribution < -0.4 is 50.3 Å². The average molecular weight is 1580 g/mol. The Morgan fingerprint density at radius 2 is 0.857 bits per heavy atom. The highest BCUT2D eigenvalue weighted by molar-refractivity contribution is 7.45. The van der Waals surface area contributed by atoms with Gasteiger partial charge in [-0.2, -0.15) is 30.5 Å². The van der Waals surface area contributed by atoms with Crippen molar-refractivity contribution in [2.45, 2.75) is 164 Å². The second kappa shape index (κ2) is 36.1. The van der Waals surface area contributed by atoms with Gasteiger partial charge >= 0.3 is 0 Å². The summed E-state index contributed by atoms with van der Waals surface area (Å²) in [4.78, 5) is 53.3. The van der Waals surface area contributed by atoms with Gasteiger partial charge in [-0.1, -0.05) is 205 Å². The van der Waals surface area contributed by atoms with E-state index in [-0.39, 0.29) is 99.5 Å². The Kier molecular flexibility index (Phi) is 25.1. The average Bonchev–Trinajstić information content (AvgIpc) is 1.60. The number of anilines is 2. The molecule has 26 nitrogen and oxygen atoms in total. The van der Waals surface area contributed by atoms with E-state index < -0.39 is 57.5 Å². The molecule has 0 spiro atoms. The number of nitrogens with zero attached hydrogens (tertiary/aromatic N) is 12. The summed E-state index contributed by atoms with van der Waals surface area (Å²) in [5.74, 6) is 0.644. The lowest BCUT2D eigenvalue weighted by Gasteiger charge is -2.32. The lowest BCUT2D eigenvalue weighted by Crippen LogP contribution is -2.58. The molecule has 16 rings (SSSR count). The number of hydrogen-bond acceptors (Lipinski definition) is 22. The number of hydrogen-bond donors (Lipinski definition) is 2. The lowest BCUT2D eigenvalue weighted by molar-refractivity contribution is -0.118. The number of imidazole rings is 2. The molecule has 30 heteroatoms. The molecule has 0 aliphatic carbocycles. The minimum Gasteiger partial charge on any atom is -0.484 e. The van der Waals surface area contributed by atoms with Crippen LogP contribution in [0.2, 0.25) is 25.2 Å². The molecule has 2 unspecified atom stereocenters. The number of amides is 2. The number of benzene rings is 6. The summed E-state index contributed by atoms with van der Waals surface area (Å²) in [6.07, 6.45) is 9.11. The summed E-state index contributed by atoms with van der Waals surface area (Å²) >= 11 is 0. The Morgan fingerprint density at radius 1 is 0.500 bits per heavy atom. The van der Waals surface area contributed by atoms with Crippen molar-refractivity contribution in [1.82, 2.24) is 48.4 Å². The molecule has 6 fully saturated rings. The monoisotopic (exact) mass is 1580 g/mol. The Morgan fingerprint density at radius 3 is 1.21 bits per heavy atom. The van der Waals surface area contributed by atoms with Gasteiger partial charge in [0.1, 0.15) is 53.3 Å². The Balaban J connectivity index is 0.000000177. The first-order valence-electron chi connectivity index (χ1n) is 38.6. The predicted octanol–water partition coefficient (Wildman–Crippen LogP) is 12.4. The Bertz CT molecular complexity index is 4510. The van der Waals surface area contributed by atoms with Crippen LogP contribution in [0.4, 0.5) is 11.9 Å². The third-order valence-corrected chi connectivity index (χ3v) is 34.3. The zero-order valence-electron chi connectivity index (χ0n) is 63.1. The molecular formula is C82H92N14O12P2Si2. The smallest absolute Gasteiger partial charge is 0.264 e. The van der Waals surface area contributed by atoms with Crippen LogP contribution in [0.1, 0.15) is 90.5 Å². The molecule has 0 saturated carbocycles. The fourth-order valence-electron chi connectivity index (χ4n) is 16.0. The molecule has 6 aromatic carbocycles. The van der Waals surface area contributed by atoms with Crippen molar-refractivity contribution in [1.29, 1.82) is 10.5 Å². The highest BCUT2D eigenvalue weighted by Gasteiger charge is 2.54. The summed E-state index contributed by atoms with van der Waals surface area (Å²) in [6.45, 7) is 10.8. The van der Waals surface area contributed by atoms with Gasteiger partial charge < -0.3 is 46.5 Å². The van der Waals surface area contributed by atoms with Crippen LogP contribution in [0.5, 0.6) is 23.3 Å². The van der Waals surface area contributed by atoms with E-state index in [1.807, 2.05) is 45.5 Å². The van der Waals surface area contributed by atoms with Crippen LogP contribution >= 0.6 is 17.1 Å². The number of para-hydroxylation sites is 2. The van der Waals surface area contributed by atoms with Crippen molar-refractivity contribution in [3.8, 4) is 35.4 Å². The highest BCUT2D eigenvalue weighted by atomic mass is 31.2. The summed E-state index contributed by atoms with van der Waals surface area (Å²) in [5, 5.41) is 29.3. The summed E-state index contributed by atoms with van der Waals surface area (Å²) in [5.41, 5.74) is 1.66. The number of carbonyl (C=O) groups excluding carboxylic acids is 2. The number of carbonyl (C=O) groups is 2. The van der Waals surface area contributed by atoms with E-state index in [2.05, 4.69) is 200 Å². The molecule has 0 bridgehead atoms. The van der Waals surface area contributed by atoms with Crippen molar-refractivity contribution in [3.05, 3.63) is 195 Å². The first kappa shape index (κ1) is 77.8. The summed E-state index contributed by atoms with van der Waals surface area (Å²) in [6, 6.07) is 68.7. The van der Waals surface area contributed by atoms with E-state index in [0.29, 0.717) is 58.8 Å². The molecular weight excluding hydrogens is 1490 g/mol. The zero-order chi connectivity index (χ0) is 77.0. The largest absolute Gasteiger partial charge is 0.484 e. The van der Waals surface area contributed by atoms with Gasteiger partial charge in [-0.3, -0.25) is 29.4 Å². The number of ether oxygens (including phenoxy) is 6. The lowest BCUT2D eigenvalue weighted by atomic mass is 10.1. The van der Waals surface area contributed by atoms with Crippen molar-refractivity contribution >= 4 is 100.0 Å². The van der Waals surface area contributed by atoms with Gasteiger partial charge in [0.25, 0.3) is 28.9 Å². The molecule has 2 N–H and O–H groups in total. The van der Waals surface area contributed by atoms with Crippen LogP contribution in [0.25, 0.3) is 22.3 Å². The van der Waals surface area contributed by atoms with Gasteiger partial charge in [-0.25, -0.2) is 19.3 Å². The summed E-state index contributed by atoms with van der Waals surface area (Å²) in [7, 11) is -6.90. The van der Waals surface area contributed by atoms with Gasteiger partial charge in [0.2, 0.25) is 23.7 Å². The molecule has 6 aliphatic heterocycles.